The van der Waals surface area contributed by atoms with Crippen LogP contribution in [0.15, 0.2) is 0 Å². The lowest BCUT2D eigenvalue weighted by Gasteiger charge is -2.16. The van der Waals surface area contributed by atoms with Gasteiger partial charge in [-0.2, -0.15) is 12.6 Å². The van der Waals surface area contributed by atoms with E-state index >= 15 is 0 Å². The second-order valence-corrected chi connectivity index (χ2v) is 5.51. The van der Waals surface area contributed by atoms with Gasteiger partial charge in [-0.05, 0) is 6.42 Å². The molecule has 1 rings (SSSR count). The minimum absolute atomic E-state index is 0.00746. The molecule has 0 radical (unpaired) electrons. The van der Waals surface area contributed by atoms with Crippen LogP contribution in [0.3, 0.4) is 0 Å². The summed E-state index contributed by atoms with van der Waals surface area (Å²) in [5, 5.41) is 13.4. The van der Waals surface area contributed by atoms with E-state index in [0.29, 0.717) is 6.61 Å². The molecular weight excluding hydrogens is 342 g/mol. The lowest BCUT2D eigenvalue weighted by molar-refractivity contribution is -0.144. The van der Waals surface area contributed by atoms with E-state index in [1.807, 2.05) is 0 Å². The molecule has 2 amide bonds. The number of esters is 1. The number of aliphatic carboxylic acids is 1. The van der Waals surface area contributed by atoms with Gasteiger partial charge in [0.05, 0.1) is 6.61 Å². The van der Waals surface area contributed by atoms with Gasteiger partial charge in [0.15, 0.2) is 0 Å². The van der Waals surface area contributed by atoms with E-state index in [1.165, 1.54) is 0 Å². The van der Waals surface area contributed by atoms with E-state index in [2.05, 4.69) is 23.3 Å². The maximum Gasteiger partial charge on any atom is 0.325 e. The van der Waals surface area contributed by atoms with Gasteiger partial charge in [0.1, 0.15) is 31.3 Å². The Kier molecular flexibility index (Phi) is 8.50. The van der Waals surface area contributed by atoms with Crippen LogP contribution < -0.4 is 16.4 Å². The van der Waals surface area contributed by atoms with Crippen LogP contribution in [0.4, 0.5) is 0 Å². The zero-order chi connectivity index (χ0) is 18.1. The van der Waals surface area contributed by atoms with Crippen molar-refractivity contribution in [1.29, 1.82) is 0 Å². The Hall–Kier alpha value is -1.85. The Morgan fingerprint density at radius 2 is 2.04 bits per heavy atom. The molecule has 1 aliphatic heterocycles. The van der Waals surface area contributed by atoms with Crippen molar-refractivity contribution in [3.05, 3.63) is 0 Å². The maximum absolute atomic E-state index is 11.9. The molecule has 11 heteroatoms. The normalized spacial score (nSPS) is 18.2. The monoisotopic (exact) mass is 363 g/mol. The first-order chi connectivity index (χ1) is 11.3. The highest BCUT2D eigenvalue weighted by Crippen LogP contribution is 2.08. The summed E-state index contributed by atoms with van der Waals surface area (Å²) < 4.78 is 9.71. The molecular formula is C13H21N3O7S. The largest absolute Gasteiger partial charge is 0.480 e. The molecule has 0 bridgehead atoms. The first kappa shape index (κ1) is 20.2. The predicted octanol–water partition coefficient (Wildman–Crippen LogP) is -2.35. The number of carboxylic acids is 1. The Balaban J connectivity index is 2.27. The third-order valence-corrected chi connectivity index (χ3v) is 3.44. The van der Waals surface area contributed by atoms with Crippen molar-refractivity contribution in [2.24, 2.45) is 5.73 Å². The average molecular weight is 363 g/mol. The van der Waals surface area contributed by atoms with E-state index < -0.39 is 35.8 Å². The van der Waals surface area contributed by atoms with Crippen molar-refractivity contribution in [3.63, 3.8) is 0 Å². The lowest BCUT2D eigenvalue weighted by atomic mass is 10.1. The van der Waals surface area contributed by atoms with Crippen LogP contribution in [-0.4, -0.2) is 72.6 Å². The van der Waals surface area contributed by atoms with Crippen molar-refractivity contribution in [2.45, 2.75) is 31.0 Å². The maximum atomic E-state index is 11.9. The number of amides is 2. The van der Waals surface area contributed by atoms with E-state index in [9.17, 15) is 19.2 Å². The molecule has 5 N–H and O–H groups in total. The number of carboxylic acid groups (broad SMARTS) is 1. The van der Waals surface area contributed by atoms with Crippen LogP contribution >= 0.6 is 12.6 Å². The Bertz CT molecular complexity index is 484. The summed E-state index contributed by atoms with van der Waals surface area (Å²) in [6.07, 6.45) is -0.266. The molecule has 0 aromatic heterocycles. The summed E-state index contributed by atoms with van der Waals surface area (Å²) >= 11 is 3.96. The van der Waals surface area contributed by atoms with Crippen LogP contribution in [0, 0.1) is 0 Å². The number of ether oxygens (including phenoxy) is 2. The molecule has 0 aromatic carbocycles. The highest BCUT2D eigenvalue weighted by atomic mass is 32.1. The molecule has 3 unspecified atom stereocenters. The molecule has 24 heavy (non-hydrogen) atoms. The number of carbonyl (C=O) groups is 4. The highest BCUT2D eigenvalue weighted by Gasteiger charge is 2.25. The molecule has 3 atom stereocenters. The minimum Gasteiger partial charge on any atom is -0.480 e. The van der Waals surface area contributed by atoms with Crippen LogP contribution in [0.1, 0.15) is 12.8 Å². The molecule has 0 aromatic rings. The van der Waals surface area contributed by atoms with E-state index in [4.69, 9.17) is 20.3 Å². The van der Waals surface area contributed by atoms with Crippen molar-refractivity contribution in [3.8, 4) is 0 Å². The first-order valence-corrected chi connectivity index (χ1v) is 7.90. The number of thiol groups is 1. The smallest absolute Gasteiger partial charge is 0.325 e. The zero-order valence-electron chi connectivity index (χ0n) is 12.9. The highest BCUT2D eigenvalue weighted by molar-refractivity contribution is 7.80. The van der Waals surface area contributed by atoms with E-state index in [0.717, 1.165) is 0 Å². The van der Waals surface area contributed by atoms with Crippen molar-refractivity contribution >= 4 is 36.4 Å². The fourth-order valence-corrected chi connectivity index (χ4v) is 1.81. The Morgan fingerprint density at radius 1 is 1.38 bits per heavy atom. The summed E-state index contributed by atoms with van der Waals surface area (Å²) in [6.45, 7) is 0.361. The number of epoxide rings is 1. The van der Waals surface area contributed by atoms with Crippen molar-refractivity contribution in [2.75, 3.05) is 25.5 Å². The fourth-order valence-electron chi connectivity index (χ4n) is 1.55. The van der Waals surface area contributed by atoms with Crippen LogP contribution in [-0.2, 0) is 28.7 Å². The summed E-state index contributed by atoms with van der Waals surface area (Å²) in [7, 11) is 0. The minimum atomic E-state index is -1.21. The molecule has 0 aliphatic carbocycles. The topological polar surface area (TPSA) is 160 Å². The second kappa shape index (κ2) is 10.1. The van der Waals surface area contributed by atoms with Gasteiger partial charge in [0.2, 0.25) is 11.8 Å². The molecule has 1 aliphatic rings. The third kappa shape index (κ3) is 8.13. The summed E-state index contributed by atoms with van der Waals surface area (Å²) in [5.74, 6) is -2.94. The number of nitrogens with one attached hydrogen (secondary N) is 2. The molecule has 136 valence electrons. The molecule has 1 saturated heterocycles. The van der Waals surface area contributed by atoms with Gasteiger partial charge < -0.3 is 30.9 Å². The van der Waals surface area contributed by atoms with Crippen LogP contribution in [0.25, 0.3) is 0 Å². The van der Waals surface area contributed by atoms with E-state index in [1.54, 1.807) is 0 Å². The standard InChI is InChI=1S/C13H21N3O7S/c14-8(13(20)21)1-2-10(17)16-9(6-24)12(19)15-3-11(18)23-5-7-4-22-7/h7-9,24H,1-6,14H2,(H,15,19)(H,16,17)(H,20,21). The third-order valence-electron chi connectivity index (χ3n) is 3.07. The quantitative estimate of drug-likeness (QED) is 0.155. The van der Waals surface area contributed by atoms with Gasteiger partial charge in [-0.25, -0.2) is 0 Å². The van der Waals surface area contributed by atoms with E-state index in [-0.39, 0.29) is 37.9 Å². The number of rotatable bonds is 11. The van der Waals surface area contributed by atoms with Crippen molar-refractivity contribution in [1.82, 2.24) is 10.6 Å². The molecule has 0 spiro atoms. The van der Waals surface area contributed by atoms with Gasteiger partial charge in [0.25, 0.3) is 0 Å². The average Bonchev–Trinajstić information content (AvgIpc) is 3.37. The summed E-state index contributed by atoms with van der Waals surface area (Å²) in [5.41, 5.74) is 5.29. The van der Waals surface area contributed by atoms with Gasteiger partial charge in [-0.1, -0.05) is 0 Å². The zero-order valence-corrected chi connectivity index (χ0v) is 13.8. The molecule has 1 fully saturated rings. The Labute approximate surface area is 143 Å². The van der Waals surface area contributed by atoms with Crippen LogP contribution in [0.5, 0.6) is 0 Å². The van der Waals surface area contributed by atoms with Crippen molar-refractivity contribution < 1.29 is 33.8 Å². The van der Waals surface area contributed by atoms with Gasteiger partial charge in [-0.3, -0.25) is 19.2 Å². The Morgan fingerprint density at radius 3 is 2.58 bits per heavy atom. The fraction of sp³-hybridized carbons (Fsp3) is 0.692. The van der Waals surface area contributed by atoms with Gasteiger partial charge in [-0.15, -0.1) is 0 Å². The number of nitrogens with two attached hydrogens (primary N) is 1. The first-order valence-electron chi connectivity index (χ1n) is 7.27. The SMILES string of the molecule is NC(CCC(=O)NC(CS)C(=O)NCC(=O)OCC1CO1)C(=O)O. The molecule has 1 heterocycles. The second-order valence-electron chi connectivity index (χ2n) is 5.14. The number of hydrogen-bond donors (Lipinski definition) is 5. The lowest BCUT2D eigenvalue weighted by Crippen LogP contribution is -2.49. The van der Waals surface area contributed by atoms with Gasteiger partial charge >= 0.3 is 11.9 Å². The van der Waals surface area contributed by atoms with Gasteiger partial charge in [0, 0.05) is 12.2 Å². The van der Waals surface area contributed by atoms with Crippen LogP contribution in [0.2, 0.25) is 0 Å². The summed E-state index contributed by atoms with van der Waals surface area (Å²) in [6, 6.07) is -2.11. The number of carbonyl (C=O) groups excluding carboxylic acids is 3. The number of hydrogen-bond acceptors (Lipinski definition) is 8. The molecule has 10 nitrogen and oxygen atoms in total. The predicted molar refractivity (Wildman–Crippen MR) is 84.3 cm³/mol. The summed E-state index contributed by atoms with van der Waals surface area (Å²) in [4.78, 5) is 45.5. The molecule has 0 saturated carbocycles.